The lowest BCUT2D eigenvalue weighted by Gasteiger charge is -1.99. The van der Waals surface area contributed by atoms with Gasteiger partial charge in [-0.25, -0.2) is 9.97 Å². The van der Waals surface area contributed by atoms with Crippen LogP contribution in [0.3, 0.4) is 0 Å². The number of pyridine rings is 1. The number of nitrogens with zero attached hydrogens (tertiary/aromatic N) is 2. The van der Waals surface area contributed by atoms with Crippen LogP contribution in [0.2, 0.25) is 0 Å². The Morgan fingerprint density at radius 2 is 2.23 bits per heavy atom. The zero-order valence-electron chi connectivity index (χ0n) is 7.10. The average molecular weight is 192 g/mol. The minimum atomic E-state index is 0.618. The Hall–Kier alpha value is -1.42. The van der Waals surface area contributed by atoms with Gasteiger partial charge in [-0.1, -0.05) is 0 Å². The van der Waals surface area contributed by atoms with Crippen LogP contribution in [0.25, 0.3) is 10.6 Å². The fourth-order valence-corrected chi connectivity index (χ4v) is 1.66. The van der Waals surface area contributed by atoms with Gasteiger partial charge in [0.15, 0.2) is 0 Å². The minimum absolute atomic E-state index is 0.618. The van der Waals surface area contributed by atoms with E-state index in [1.54, 1.807) is 30.8 Å². The predicted molar refractivity (Wildman–Crippen MR) is 51.9 cm³/mol. The maximum atomic E-state index is 5.02. The second-order valence-corrected chi connectivity index (χ2v) is 3.32. The predicted octanol–water partition coefficient (Wildman–Crippen LogP) is 2.21. The Labute approximate surface area is 80.0 Å². The van der Waals surface area contributed by atoms with Crippen molar-refractivity contribution in [3.8, 4) is 16.5 Å². The third-order valence-electron chi connectivity index (χ3n) is 1.62. The molecule has 66 valence electrons. The van der Waals surface area contributed by atoms with Gasteiger partial charge in [-0.2, -0.15) is 0 Å². The van der Waals surface area contributed by atoms with E-state index in [-0.39, 0.29) is 0 Å². The van der Waals surface area contributed by atoms with Crippen LogP contribution in [0.1, 0.15) is 0 Å². The van der Waals surface area contributed by atoms with E-state index in [9.17, 15) is 0 Å². The van der Waals surface area contributed by atoms with Crippen molar-refractivity contribution in [1.82, 2.24) is 9.97 Å². The van der Waals surface area contributed by atoms with Gasteiger partial charge in [-0.3, -0.25) is 0 Å². The van der Waals surface area contributed by atoms with E-state index < -0.39 is 0 Å². The van der Waals surface area contributed by atoms with Crippen LogP contribution in [0.15, 0.2) is 29.9 Å². The molecule has 0 saturated heterocycles. The van der Waals surface area contributed by atoms with Crippen LogP contribution in [0.5, 0.6) is 5.88 Å². The van der Waals surface area contributed by atoms with Crippen molar-refractivity contribution in [2.45, 2.75) is 0 Å². The summed E-state index contributed by atoms with van der Waals surface area (Å²) in [5, 5.41) is 2.93. The van der Waals surface area contributed by atoms with E-state index >= 15 is 0 Å². The summed E-state index contributed by atoms with van der Waals surface area (Å²) in [6.45, 7) is 0. The Bertz CT molecular complexity index is 386. The zero-order chi connectivity index (χ0) is 9.10. The monoisotopic (exact) mass is 192 g/mol. The molecule has 0 aliphatic rings. The maximum Gasteiger partial charge on any atom is 0.213 e. The molecule has 0 atom stereocenters. The highest BCUT2D eigenvalue weighted by atomic mass is 32.1. The third kappa shape index (κ3) is 1.67. The Balaban J connectivity index is 2.41. The van der Waals surface area contributed by atoms with Gasteiger partial charge in [-0.15, -0.1) is 11.3 Å². The highest BCUT2D eigenvalue weighted by Gasteiger charge is 2.01. The quantitative estimate of drug-likeness (QED) is 0.731. The van der Waals surface area contributed by atoms with Crippen LogP contribution in [0.4, 0.5) is 0 Å². The summed E-state index contributed by atoms with van der Waals surface area (Å²) < 4.78 is 5.02. The Morgan fingerprint density at radius 3 is 2.92 bits per heavy atom. The lowest BCUT2D eigenvalue weighted by molar-refractivity contribution is 0.398. The zero-order valence-corrected chi connectivity index (χ0v) is 7.91. The van der Waals surface area contributed by atoms with Gasteiger partial charge in [0.2, 0.25) is 5.88 Å². The highest BCUT2D eigenvalue weighted by Crippen LogP contribution is 2.23. The lowest BCUT2D eigenvalue weighted by Crippen LogP contribution is -1.86. The Morgan fingerprint density at radius 1 is 1.31 bits per heavy atom. The summed E-state index contributed by atoms with van der Waals surface area (Å²) in [5.41, 5.74) is 1.04. The van der Waals surface area contributed by atoms with Gasteiger partial charge in [0, 0.05) is 29.4 Å². The number of thiazole rings is 1. The molecule has 0 unspecified atom stereocenters. The summed E-state index contributed by atoms with van der Waals surface area (Å²) in [6, 6.07) is 3.79. The first-order chi connectivity index (χ1) is 6.40. The first-order valence-corrected chi connectivity index (χ1v) is 4.68. The second-order valence-electron chi connectivity index (χ2n) is 2.42. The number of rotatable bonds is 2. The van der Waals surface area contributed by atoms with Gasteiger partial charge in [0.25, 0.3) is 0 Å². The fourth-order valence-electron chi connectivity index (χ4n) is 1.02. The lowest BCUT2D eigenvalue weighted by atomic mass is 10.3. The molecular weight excluding hydrogens is 184 g/mol. The van der Waals surface area contributed by atoms with E-state index in [0.29, 0.717) is 5.88 Å². The Kier molecular flexibility index (Phi) is 2.23. The van der Waals surface area contributed by atoms with Crippen LogP contribution >= 0.6 is 11.3 Å². The summed E-state index contributed by atoms with van der Waals surface area (Å²) >= 11 is 1.60. The SMILES string of the molecule is COc1cc(-c2nccs2)ccn1. The number of methoxy groups -OCH3 is 1. The van der Waals surface area contributed by atoms with Gasteiger partial charge in [-0.05, 0) is 6.07 Å². The summed E-state index contributed by atoms with van der Waals surface area (Å²) in [6.07, 6.45) is 3.50. The molecule has 0 spiro atoms. The van der Waals surface area contributed by atoms with Crippen molar-refractivity contribution in [3.63, 3.8) is 0 Å². The minimum Gasteiger partial charge on any atom is -0.481 e. The first kappa shape index (κ1) is 8.19. The topological polar surface area (TPSA) is 35.0 Å². The van der Waals surface area contributed by atoms with Crippen LogP contribution in [0, 0.1) is 0 Å². The number of hydrogen-bond donors (Lipinski definition) is 0. The summed E-state index contributed by atoms with van der Waals surface area (Å²) in [7, 11) is 1.61. The largest absolute Gasteiger partial charge is 0.481 e. The van der Waals surface area contributed by atoms with Crippen molar-refractivity contribution in [2.75, 3.05) is 7.11 Å². The molecule has 4 heteroatoms. The van der Waals surface area contributed by atoms with E-state index in [0.717, 1.165) is 10.6 Å². The maximum absolute atomic E-state index is 5.02. The van der Waals surface area contributed by atoms with Crippen molar-refractivity contribution < 1.29 is 4.74 Å². The van der Waals surface area contributed by atoms with E-state index in [1.165, 1.54) is 0 Å². The fraction of sp³-hybridized carbons (Fsp3) is 0.111. The molecule has 0 aliphatic heterocycles. The smallest absolute Gasteiger partial charge is 0.213 e. The molecule has 13 heavy (non-hydrogen) atoms. The number of ether oxygens (including phenoxy) is 1. The van der Waals surface area contributed by atoms with Crippen LogP contribution in [-0.2, 0) is 0 Å². The summed E-state index contributed by atoms with van der Waals surface area (Å²) in [5.74, 6) is 0.618. The molecule has 3 nitrogen and oxygen atoms in total. The van der Waals surface area contributed by atoms with Crippen molar-refractivity contribution in [1.29, 1.82) is 0 Å². The molecule has 0 N–H and O–H groups in total. The van der Waals surface area contributed by atoms with E-state index in [2.05, 4.69) is 9.97 Å². The molecule has 0 bridgehead atoms. The molecule has 0 aliphatic carbocycles. The first-order valence-electron chi connectivity index (χ1n) is 3.80. The van der Waals surface area contributed by atoms with Gasteiger partial charge in [0.1, 0.15) is 5.01 Å². The van der Waals surface area contributed by atoms with E-state index in [1.807, 2.05) is 17.5 Å². The molecule has 0 saturated carbocycles. The molecule has 2 rings (SSSR count). The average Bonchev–Trinajstić information content (AvgIpc) is 2.71. The molecule has 0 fully saturated rings. The normalized spacial score (nSPS) is 9.92. The van der Waals surface area contributed by atoms with Gasteiger partial charge in [0.05, 0.1) is 7.11 Å². The van der Waals surface area contributed by atoms with Crippen LogP contribution in [-0.4, -0.2) is 17.1 Å². The molecular formula is C9H8N2OS. The van der Waals surface area contributed by atoms with Crippen molar-refractivity contribution >= 4 is 11.3 Å². The molecule has 0 aromatic carbocycles. The molecule has 0 amide bonds. The van der Waals surface area contributed by atoms with Gasteiger partial charge >= 0.3 is 0 Å². The number of aromatic nitrogens is 2. The standard InChI is InChI=1S/C9H8N2OS/c1-12-8-6-7(2-3-10-8)9-11-4-5-13-9/h2-6H,1H3. The molecule has 2 aromatic heterocycles. The van der Waals surface area contributed by atoms with Gasteiger partial charge < -0.3 is 4.74 Å². The van der Waals surface area contributed by atoms with Crippen molar-refractivity contribution in [2.24, 2.45) is 0 Å². The van der Waals surface area contributed by atoms with Crippen molar-refractivity contribution in [3.05, 3.63) is 29.9 Å². The van der Waals surface area contributed by atoms with E-state index in [4.69, 9.17) is 4.74 Å². The number of hydrogen-bond acceptors (Lipinski definition) is 4. The third-order valence-corrected chi connectivity index (χ3v) is 2.45. The van der Waals surface area contributed by atoms with Crippen LogP contribution < -0.4 is 4.74 Å². The molecule has 2 aromatic rings. The molecule has 2 heterocycles. The molecule has 0 radical (unpaired) electrons. The second kappa shape index (κ2) is 3.53. The summed E-state index contributed by atoms with van der Waals surface area (Å²) in [4.78, 5) is 8.22. The highest BCUT2D eigenvalue weighted by molar-refractivity contribution is 7.13.